The van der Waals surface area contributed by atoms with Gasteiger partial charge in [0.2, 0.25) is 5.78 Å². The molecule has 0 aliphatic heterocycles. The minimum atomic E-state index is -0.270. The van der Waals surface area contributed by atoms with Gasteiger partial charge in [0.15, 0.2) is 11.4 Å². The van der Waals surface area contributed by atoms with Crippen molar-refractivity contribution in [3.05, 3.63) is 47.8 Å². The van der Waals surface area contributed by atoms with Gasteiger partial charge in [-0.1, -0.05) is 30.3 Å². The Morgan fingerprint density at radius 3 is 2.53 bits per heavy atom. The van der Waals surface area contributed by atoms with Crippen molar-refractivity contribution in [3.63, 3.8) is 0 Å². The number of carbonyl (C=O) groups is 1. The first-order chi connectivity index (χ1) is 7.18. The maximum absolute atomic E-state index is 11.8. The number of carbonyl (C=O) groups excluding carboxylic acids is 1. The molecule has 2 rings (SSSR count). The average molecular weight is 202 g/mol. The molecule has 0 saturated carbocycles. The van der Waals surface area contributed by atoms with E-state index in [1.54, 1.807) is 31.3 Å². The first-order valence-electron chi connectivity index (χ1n) is 4.51. The van der Waals surface area contributed by atoms with Crippen molar-refractivity contribution in [3.8, 4) is 5.75 Å². The van der Waals surface area contributed by atoms with Crippen LogP contribution < -0.4 is 0 Å². The second kappa shape index (κ2) is 3.57. The first-order valence-corrected chi connectivity index (χ1v) is 4.51. The highest BCUT2D eigenvalue weighted by Gasteiger charge is 2.16. The molecule has 76 valence electrons. The molecule has 1 heterocycles. The largest absolute Gasteiger partial charge is 0.504 e. The molecule has 1 aromatic carbocycles. The average Bonchev–Trinajstić information content (AvgIpc) is 2.58. The van der Waals surface area contributed by atoms with Crippen LogP contribution in [0.1, 0.15) is 16.1 Å². The van der Waals surface area contributed by atoms with Crippen molar-refractivity contribution in [1.29, 1.82) is 0 Å². The minimum Gasteiger partial charge on any atom is -0.504 e. The normalized spacial score (nSPS) is 10.2. The van der Waals surface area contributed by atoms with E-state index in [4.69, 9.17) is 0 Å². The van der Waals surface area contributed by atoms with E-state index in [9.17, 15) is 9.90 Å². The summed E-state index contributed by atoms with van der Waals surface area (Å²) in [4.78, 5) is 11.8. The van der Waals surface area contributed by atoms with Crippen LogP contribution in [0.15, 0.2) is 36.5 Å². The van der Waals surface area contributed by atoms with Gasteiger partial charge < -0.3 is 5.11 Å². The SMILES string of the molecule is Cn1cc(O)c(C(=O)c2ccccc2)n1. The van der Waals surface area contributed by atoms with Gasteiger partial charge in [-0.3, -0.25) is 9.48 Å². The maximum atomic E-state index is 11.8. The molecule has 2 aromatic rings. The predicted molar refractivity (Wildman–Crippen MR) is 54.7 cm³/mol. The molecule has 0 fully saturated rings. The smallest absolute Gasteiger partial charge is 0.217 e. The highest BCUT2D eigenvalue weighted by molar-refractivity contribution is 6.09. The summed E-state index contributed by atoms with van der Waals surface area (Å²) in [6.45, 7) is 0. The van der Waals surface area contributed by atoms with E-state index in [1.807, 2.05) is 6.07 Å². The third-order valence-electron chi connectivity index (χ3n) is 2.06. The molecule has 4 nitrogen and oxygen atoms in total. The lowest BCUT2D eigenvalue weighted by Crippen LogP contribution is -2.03. The molecule has 0 amide bonds. The van der Waals surface area contributed by atoms with Crippen molar-refractivity contribution < 1.29 is 9.90 Å². The third-order valence-corrected chi connectivity index (χ3v) is 2.06. The Kier molecular flexibility index (Phi) is 2.25. The fraction of sp³-hybridized carbons (Fsp3) is 0.0909. The fourth-order valence-electron chi connectivity index (χ4n) is 1.36. The number of rotatable bonds is 2. The third kappa shape index (κ3) is 1.74. The summed E-state index contributed by atoms with van der Waals surface area (Å²) in [6, 6.07) is 8.75. The lowest BCUT2D eigenvalue weighted by Gasteiger charge is -1.96. The number of aromatic nitrogens is 2. The molecule has 4 heteroatoms. The molecule has 0 atom stereocenters. The van der Waals surface area contributed by atoms with Crippen molar-refractivity contribution in [2.24, 2.45) is 7.05 Å². The van der Waals surface area contributed by atoms with Gasteiger partial charge in [0.25, 0.3) is 0 Å². The van der Waals surface area contributed by atoms with Crippen LogP contribution in [0, 0.1) is 0 Å². The molecule has 0 aliphatic rings. The van der Waals surface area contributed by atoms with Gasteiger partial charge in [-0.2, -0.15) is 5.10 Å². The number of aromatic hydroxyl groups is 1. The Labute approximate surface area is 86.8 Å². The summed E-state index contributed by atoms with van der Waals surface area (Å²) in [6.07, 6.45) is 1.40. The number of benzene rings is 1. The summed E-state index contributed by atoms with van der Waals surface area (Å²) in [5.41, 5.74) is 0.607. The van der Waals surface area contributed by atoms with Crippen LogP contribution in [-0.2, 0) is 7.05 Å². The molecule has 0 aliphatic carbocycles. The molecular weight excluding hydrogens is 192 g/mol. The van der Waals surface area contributed by atoms with Crippen LogP contribution in [0.4, 0.5) is 0 Å². The zero-order valence-corrected chi connectivity index (χ0v) is 8.21. The highest BCUT2D eigenvalue weighted by atomic mass is 16.3. The summed E-state index contributed by atoms with van der Waals surface area (Å²) < 4.78 is 1.41. The Morgan fingerprint density at radius 2 is 2.00 bits per heavy atom. The summed E-state index contributed by atoms with van der Waals surface area (Å²) in [7, 11) is 1.65. The van der Waals surface area contributed by atoms with E-state index >= 15 is 0 Å². The zero-order valence-electron chi connectivity index (χ0n) is 8.21. The Balaban J connectivity index is 2.41. The van der Waals surface area contributed by atoms with Crippen LogP contribution in [0.5, 0.6) is 5.75 Å². The van der Waals surface area contributed by atoms with E-state index in [2.05, 4.69) is 5.10 Å². The highest BCUT2D eigenvalue weighted by Crippen LogP contribution is 2.17. The lowest BCUT2D eigenvalue weighted by molar-refractivity contribution is 0.103. The summed E-state index contributed by atoms with van der Waals surface area (Å²) >= 11 is 0. The van der Waals surface area contributed by atoms with Gasteiger partial charge in [0, 0.05) is 12.6 Å². The van der Waals surface area contributed by atoms with Crippen molar-refractivity contribution in [1.82, 2.24) is 9.78 Å². The molecule has 0 saturated heterocycles. The van der Waals surface area contributed by atoms with Crippen molar-refractivity contribution in [2.45, 2.75) is 0 Å². The second-order valence-electron chi connectivity index (χ2n) is 3.23. The van der Waals surface area contributed by atoms with Crippen LogP contribution in [-0.4, -0.2) is 20.7 Å². The molecule has 0 spiro atoms. The minimum absolute atomic E-state index is 0.0868. The Morgan fingerprint density at radius 1 is 1.33 bits per heavy atom. The molecular formula is C11H10N2O2. The lowest BCUT2D eigenvalue weighted by atomic mass is 10.1. The standard InChI is InChI=1S/C11H10N2O2/c1-13-7-9(14)10(12-13)11(15)8-5-3-2-4-6-8/h2-7,14H,1H3. The molecule has 15 heavy (non-hydrogen) atoms. The summed E-state index contributed by atoms with van der Waals surface area (Å²) in [5, 5.41) is 13.4. The number of hydrogen-bond donors (Lipinski definition) is 1. The van der Waals surface area contributed by atoms with E-state index in [0.717, 1.165) is 0 Å². The van der Waals surface area contributed by atoms with Crippen LogP contribution in [0.2, 0.25) is 0 Å². The summed E-state index contributed by atoms with van der Waals surface area (Å²) in [5.74, 6) is -0.361. The van der Waals surface area contributed by atoms with Gasteiger partial charge >= 0.3 is 0 Å². The van der Waals surface area contributed by atoms with Gasteiger partial charge in [-0.25, -0.2) is 0 Å². The van der Waals surface area contributed by atoms with Crippen LogP contribution in [0.3, 0.4) is 0 Å². The molecule has 0 bridgehead atoms. The van der Waals surface area contributed by atoms with Gasteiger partial charge in [-0.15, -0.1) is 0 Å². The molecule has 1 aromatic heterocycles. The fourth-order valence-corrected chi connectivity index (χ4v) is 1.36. The number of aryl methyl sites for hydroxylation is 1. The second-order valence-corrected chi connectivity index (χ2v) is 3.23. The molecule has 0 radical (unpaired) electrons. The predicted octanol–water partition coefficient (Wildman–Crippen LogP) is 1.36. The van der Waals surface area contributed by atoms with Gasteiger partial charge in [0.1, 0.15) is 0 Å². The first kappa shape index (κ1) is 9.45. The Bertz CT molecular complexity index is 489. The van der Waals surface area contributed by atoms with E-state index in [-0.39, 0.29) is 17.2 Å². The number of ketones is 1. The molecule has 0 unspecified atom stereocenters. The van der Waals surface area contributed by atoms with E-state index in [0.29, 0.717) is 5.56 Å². The zero-order chi connectivity index (χ0) is 10.8. The number of hydrogen-bond acceptors (Lipinski definition) is 3. The molecule has 1 N–H and O–H groups in total. The maximum Gasteiger partial charge on any atom is 0.217 e. The van der Waals surface area contributed by atoms with E-state index < -0.39 is 0 Å². The Hall–Kier alpha value is -2.10. The topological polar surface area (TPSA) is 55.1 Å². The quantitative estimate of drug-likeness (QED) is 0.748. The van der Waals surface area contributed by atoms with Crippen molar-refractivity contribution >= 4 is 5.78 Å². The van der Waals surface area contributed by atoms with Crippen LogP contribution >= 0.6 is 0 Å². The van der Waals surface area contributed by atoms with Crippen molar-refractivity contribution in [2.75, 3.05) is 0 Å². The number of nitrogens with zero attached hydrogens (tertiary/aromatic N) is 2. The van der Waals surface area contributed by atoms with E-state index in [1.165, 1.54) is 10.9 Å². The van der Waals surface area contributed by atoms with Crippen LogP contribution in [0.25, 0.3) is 0 Å². The monoisotopic (exact) mass is 202 g/mol. The van der Waals surface area contributed by atoms with Gasteiger partial charge in [0.05, 0.1) is 6.20 Å². The van der Waals surface area contributed by atoms with Gasteiger partial charge in [-0.05, 0) is 0 Å².